The average molecular weight is 469 g/mol. The fraction of sp³-hybridized carbons (Fsp3) is 0.240. The molecule has 0 saturated heterocycles. The van der Waals surface area contributed by atoms with Crippen molar-refractivity contribution in [2.45, 2.75) is 18.2 Å². The molecule has 0 heterocycles. The summed E-state index contributed by atoms with van der Waals surface area (Å²) in [6.07, 6.45) is 0.633. The van der Waals surface area contributed by atoms with Gasteiger partial charge in [-0.05, 0) is 54.4 Å². The zero-order valence-corrected chi connectivity index (χ0v) is 19.5. The summed E-state index contributed by atoms with van der Waals surface area (Å²) < 4.78 is 38.7. The number of carbonyl (C=O) groups is 1. The third kappa shape index (κ3) is 6.26. The number of hydrogen-bond donors (Lipinski definition) is 1. The number of nitrogens with zero attached hydrogens (tertiary/aromatic N) is 1. The number of para-hydroxylation sites is 1. The van der Waals surface area contributed by atoms with E-state index in [1.54, 1.807) is 61.7 Å². The number of amides is 1. The van der Waals surface area contributed by atoms with Crippen LogP contribution in [-0.2, 0) is 21.2 Å². The van der Waals surface area contributed by atoms with Gasteiger partial charge in [-0.1, -0.05) is 43.3 Å². The zero-order chi connectivity index (χ0) is 23.7. The first kappa shape index (κ1) is 24.1. The number of rotatable bonds is 11. The van der Waals surface area contributed by atoms with Crippen molar-refractivity contribution < 1.29 is 22.7 Å². The number of hydrogen-bond acceptors (Lipinski definition) is 5. The summed E-state index contributed by atoms with van der Waals surface area (Å²) in [5.41, 5.74) is 1.33. The van der Waals surface area contributed by atoms with E-state index in [9.17, 15) is 13.2 Å². The van der Waals surface area contributed by atoms with Crippen LogP contribution in [0.3, 0.4) is 0 Å². The van der Waals surface area contributed by atoms with Crippen LogP contribution in [0, 0.1) is 0 Å². The van der Waals surface area contributed by atoms with Crippen molar-refractivity contribution in [2.75, 3.05) is 31.1 Å². The summed E-state index contributed by atoms with van der Waals surface area (Å²) in [4.78, 5) is 12.8. The van der Waals surface area contributed by atoms with Crippen molar-refractivity contribution in [1.82, 2.24) is 5.32 Å². The molecule has 0 saturated carbocycles. The van der Waals surface area contributed by atoms with Crippen molar-refractivity contribution in [2.24, 2.45) is 0 Å². The molecule has 33 heavy (non-hydrogen) atoms. The number of nitrogens with one attached hydrogen (secondary N) is 1. The fourth-order valence-electron chi connectivity index (χ4n) is 3.29. The maximum Gasteiger partial charge on any atom is 0.264 e. The van der Waals surface area contributed by atoms with E-state index in [1.807, 2.05) is 19.1 Å². The summed E-state index contributed by atoms with van der Waals surface area (Å²) in [6.45, 7) is 2.09. The number of methoxy groups -OCH3 is 1. The Hall–Kier alpha value is -3.52. The Morgan fingerprint density at radius 3 is 2.21 bits per heavy atom. The third-order valence-corrected chi connectivity index (χ3v) is 6.79. The molecular formula is C25H28N2O5S. The second-order valence-corrected chi connectivity index (χ2v) is 9.04. The van der Waals surface area contributed by atoms with E-state index < -0.39 is 15.9 Å². The van der Waals surface area contributed by atoms with Crippen LogP contribution < -0.4 is 19.1 Å². The molecule has 0 radical (unpaired) electrons. The van der Waals surface area contributed by atoms with E-state index in [4.69, 9.17) is 9.47 Å². The van der Waals surface area contributed by atoms with E-state index in [0.29, 0.717) is 17.9 Å². The molecule has 0 aliphatic heterocycles. The molecule has 0 unspecified atom stereocenters. The Morgan fingerprint density at radius 1 is 0.909 bits per heavy atom. The molecule has 0 atom stereocenters. The number of carbonyl (C=O) groups excluding carboxylic acids is 1. The lowest BCUT2D eigenvalue weighted by atomic mass is 10.1. The number of ether oxygens (including phenoxy) is 2. The van der Waals surface area contributed by atoms with E-state index in [0.717, 1.165) is 11.3 Å². The van der Waals surface area contributed by atoms with Crippen molar-refractivity contribution in [3.8, 4) is 11.5 Å². The van der Waals surface area contributed by atoms with Crippen LogP contribution >= 0.6 is 0 Å². The van der Waals surface area contributed by atoms with Gasteiger partial charge in [0.2, 0.25) is 5.91 Å². The summed E-state index contributed by atoms with van der Waals surface area (Å²) in [6, 6.07) is 22.4. The van der Waals surface area contributed by atoms with Crippen LogP contribution in [0.25, 0.3) is 0 Å². The van der Waals surface area contributed by atoms with Gasteiger partial charge in [0.1, 0.15) is 24.7 Å². The van der Waals surface area contributed by atoms with Crippen LogP contribution in [-0.4, -0.2) is 41.1 Å². The molecule has 0 spiro atoms. The smallest absolute Gasteiger partial charge is 0.264 e. The fourth-order valence-corrected chi connectivity index (χ4v) is 4.77. The zero-order valence-electron chi connectivity index (χ0n) is 18.7. The maximum absolute atomic E-state index is 13.4. The normalized spacial score (nSPS) is 11.0. The molecule has 0 fully saturated rings. The van der Waals surface area contributed by atoms with Gasteiger partial charge in [0, 0.05) is 0 Å². The van der Waals surface area contributed by atoms with Gasteiger partial charge in [-0.2, -0.15) is 0 Å². The molecule has 1 N–H and O–H groups in total. The highest BCUT2D eigenvalue weighted by atomic mass is 32.2. The Labute approximate surface area is 195 Å². The first-order valence-corrected chi connectivity index (χ1v) is 12.1. The van der Waals surface area contributed by atoms with Gasteiger partial charge in [0.05, 0.1) is 24.2 Å². The molecule has 0 bridgehead atoms. The lowest BCUT2D eigenvalue weighted by molar-refractivity contribution is -0.119. The van der Waals surface area contributed by atoms with Gasteiger partial charge in [-0.25, -0.2) is 8.42 Å². The molecule has 3 aromatic rings. The predicted molar refractivity (Wildman–Crippen MR) is 128 cm³/mol. The standard InChI is InChI=1S/C25H28N2O5S/c1-3-20-9-7-8-12-24(20)27(33(29,30)23-10-5-4-6-11-23)19-25(28)26-17-18-32-22-15-13-21(31-2)14-16-22/h4-16H,3,17-19H2,1-2H3,(H,26,28). The van der Waals surface area contributed by atoms with Gasteiger partial charge in [-0.15, -0.1) is 0 Å². The van der Waals surface area contributed by atoms with E-state index in [2.05, 4.69) is 5.32 Å². The van der Waals surface area contributed by atoms with Gasteiger partial charge < -0.3 is 14.8 Å². The Balaban J connectivity index is 1.70. The summed E-state index contributed by atoms with van der Waals surface area (Å²) in [5.74, 6) is 0.955. The highest BCUT2D eigenvalue weighted by Gasteiger charge is 2.28. The van der Waals surface area contributed by atoms with Crippen molar-refractivity contribution in [3.63, 3.8) is 0 Å². The Bertz CT molecular complexity index is 1150. The average Bonchev–Trinajstić information content (AvgIpc) is 2.86. The topological polar surface area (TPSA) is 84.9 Å². The minimum absolute atomic E-state index is 0.131. The molecule has 3 rings (SSSR count). The quantitative estimate of drug-likeness (QED) is 0.434. The molecule has 0 aliphatic rings. The first-order chi connectivity index (χ1) is 16.0. The van der Waals surface area contributed by atoms with Gasteiger partial charge in [0.15, 0.2) is 0 Å². The number of benzene rings is 3. The third-order valence-electron chi connectivity index (χ3n) is 5.01. The van der Waals surface area contributed by atoms with E-state index in [-0.39, 0.29) is 24.6 Å². The van der Waals surface area contributed by atoms with Crippen LogP contribution in [0.5, 0.6) is 11.5 Å². The van der Waals surface area contributed by atoms with Crippen LogP contribution in [0.1, 0.15) is 12.5 Å². The summed E-state index contributed by atoms with van der Waals surface area (Å²) in [7, 11) is -2.34. The number of anilines is 1. The molecule has 8 heteroatoms. The second-order valence-electron chi connectivity index (χ2n) is 7.18. The minimum Gasteiger partial charge on any atom is -0.497 e. The van der Waals surface area contributed by atoms with Crippen LogP contribution in [0.15, 0.2) is 83.8 Å². The monoisotopic (exact) mass is 468 g/mol. The first-order valence-electron chi connectivity index (χ1n) is 10.6. The minimum atomic E-state index is -3.93. The highest BCUT2D eigenvalue weighted by Crippen LogP contribution is 2.27. The van der Waals surface area contributed by atoms with Gasteiger partial charge in [0.25, 0.3) is 10.0 Å². The molecule has 3 aromatic carbocycles. The van der Waals surface area contributed by atoms with E-state index >= 15 is 0 Å². The van der Waals surface area contributed by atoms with Crippen molar-refractivity contribution in [3.05, 3.63) is 84.4 Å². The molecule has 0 aromatic heterocycles. The van der Waals surface area contributed by atoms with E-state index in [1.165, 1.54) is 16.4 Å². The molecule has 0 aliphatic carbocycles. The highest BCUT2D eigenvalue weighted by molar-refractivity contribution is 7.92. The lowest BCUT2D eigenvalue weighted by Gasteiger charge is -2.26. The van der Waals surface area contributed by atoms with Crippen LogP contribution in [0.2, 0.25) is 0 Å². The summed E-state index contributed by atoms with van der Waals surface area (Å²) in [5, 5.41) is 2.74. The van der Waals surface area contributed by atoms with Crippen molar-refractivity contribution in [1.29, 1.82) is 0 Å². The molecule has 1 amide bonds. The van der Waals surface area contributed by atoms with Crippen molar-refractivity contribution >= 4 is 21.6 Å². The summed E-state index contributed by atoms with van der Waals surface area (Å²) >= 11 is 0. The predicted octanol–water partition coefficient (Wildman–Crippen LogP) is 3.65. The molecular weight excluding hydrogens is 440 g/mol. The Morgan fingerprint density at radius 2 is 1.55 bits per heavy atom. The lowest BCUT2D eigenvalue weighted by Crippen LogP contribution is -2.42. The van der Waals surface area contributed by atoms with Crippen LogP contribution in [0.4, 0.5) is 5.69 Å². The molecule has 174 valence electrons. The van der Waals surface area contributed by atoms with Gasteiger partial charge >= 0.3 is 0 Å². The Kier molecular flexibility index (Phi) is 8.32. The maximum atomic E-state index is 13.4. The SMILES string of the molecule is CCc1ccccc1N(CC(=O)NCCOc1ccc(OC)cc1)S(=O)(=O)c1ccccc1. The number of aryl methyl sites for hydroxylation is 1. The second kappa shape index (κ2) is 11.4. The number of sulfonamides is 1. The van der Waals surface area contributed by atoms with Gasteiger partial charge in [-0.3, -0.25) is 9.10 Å². The molecule has 7 nitrogen and oxygen atoms in total. The largest absolute Gasteiger partial charge is 0.497 e.